The highest BCUT2D eigenvalue weighted by Crippen LogP contribution is 2.45. The summed E-state index contributed by atoms with van der Waals surface area (Å²) in [6, 6.07) is 0. The Bertz CT molecular complexity index is 526. The molecule has 0 heterocycles. The number of unbranched alkanes of at least 4 members (excludes halogenated alkanes) is 16. The van der Waals surface area contributed by atoms with Crippen molar-refractivity contribution in [3.8, 4) is 0 Å². The second kappa shape index (κ2) is 21.8. The predicted octanol–water partition coefficient (Wildman–Crippen LogP) is 9.45. The molecular weight excluding hydrogens is 437 g/mol. The summed E-state index contributed by atoms with van der Waals surface area (Å²) >= 11 is 0. The second-order valence-electron chi connectivity index (χ2n) is 11.2. The van der Waals surface area contributed by atoms with E-state index in [0.29, 0.717) is 4.48 Å². The van der Waals surface area contributed by atoms with Crippen molar-refractivity contribution in [1.29, 1.82) is 0 Å². The molecule has 0 aromatic heterocycles. The lowest BCUT2D eigenvalue weighted by atomic mass is 9.99. The number of allylic oxidation sites excluding steroid dienone is 3. The fraction of sp³-hybridized carbons (Fsp3) is 0.867. The van der Waals surface area contributed by atoms with E-state index >= 15 is 0 Å². The van der Waals surface area contributed by atoms with Crippen molar-refractivity contribution >= 4 is 8.03 Å². The van der Waals surface area contributed by atoms with Crippen LogP contribution < -0.4 is 4.89 Å². The molecule has 0 fully saturated rings. The van der Waals surface area contributed by atoms with Crippen LogP contribution in [0.25, 0.3) is 0 Å². The molecule has 34 heavy (non-hydrogen) atoms. The van der Waals surface area contributed by atoms with Gasteiger partial charge in [-0.15, -0.1) is 6.58 Å². The molecule has 0 aromatic carbocycles. The molecule has 0 saturated carbocycles. The van der Waals surface area contributed by atoms with E-state index < -0.39 is 13.3 Å². The Balaban J connectivity index is 3.58. The molecule has 0 aliphatic carbocycles. The minimum absolute atomic E-state index is 0.519. The van der Waals surface area contributed by atoms with E-state index in [1.165, 1.54) is 103 Å². The molecule has 2 atom stereocenters. The highest BCUT2D eigenvalue weighted by molar-refractivity contribution is 7.38. The van der Waals surface area contributed by atoms with Crippen molar-refractivity contribution in [1.82, 2.24) is 0 Å². The van der Waals surface area contributed by atoms with Crippen molar-refractivity contribution in [2.75, 3.05) is 21.1 Å². The van der Waals surface area contributed by atoms with Gasteiger partial charge in [0.15, 0.2) is 0 Å². The summed E-state index contributed by atoms with van der Waals surface area (Å²) in [5.74, 6) is 0. The summed E-state index contributed by atoms with van der Waals surface area (Å²) in [6.45, 7) is 5.87. The molecule has 0 N–H and O–H groups in total. The van der Waals surface area contributed by atoms with Crippen LogP contribution in [0.15, 0.2) is 24.8 Å². The summed E-state index contributed by atoms with van der Waals surface area (Å²) in [4.78, 5) is 12.1. The quantitative estimate of drug-likeness (QED) is 0.0546. The van der Waals surface area contributed by atoms with Crippen molar-refractivity contribution < 1.29 is 13.9 Å². The fourth-order valence-corrected chi connectivity index (χ4v) is 6.26. The topological polar surface area (TPSA) is 40.1 Å². The van der Waals surface area contributed by atoms with E-state index in [9.17, 15) is 9.46 Å². The molecule has 0 saturated heterocycles. The molecule has 3 nitrogen and oxygen atoms in total. The SMILES string of the molecule is C=CCCCCCCCCCC=CCCCCCCCCCCC(CCC)([P+](=O)[O-])[N+](C)(C)C. The predicted molar refractivity (Wildman–Crippen MR) is 150 cm³/mol. The first-order chi connectivity index (χ1) is 16.3. The summed E-state index contributed by atoms with van der Waals surface area (Å²) < 4.78 is 12.6. The monoisotopic (exact) mass is 496 g/mol. The average molecular weight is 497 g/mol. The second-order valence-corrected chi connectivity index (χ2v) is 12.5. The Morgan fingerprint density at radius 2 is 1.06 bits per heavy atom. The third-order valence-electron chi connectivity index (χ3n) is 7.38. The first-order valence-electron chi connectivity index (χ1n) is 14.5. The number of rotatable bonds is 25. The molecule has 200 valence electrons. The zero-order valence-corrected chi connectivity index (χ0v) is 24.4. The molecule has 0 spiro atoms. The number of quaternary nitrogens is 1. The van der Waals surface area contributed by atoms with Crippen LogP contribution in [-0.4, -0.2) is 30.9 Å². The third kappa shape index (κ3) is 16.2. The van der Waals surface area contributed by atoms with Crippen LogP contribution in [0.2, 0.25) is 0 Å². The van der Waals surface area contributed by atoms with Crippen LogP contribution in [0.3, 0.4) is 0 Å². The number of nitrogens with zero attached hydrogens (tertiary/aromatic N) is 1. The summed E-state index contributed by atoms with van der Waals surface area (Å²) in [5, 5.41) is -0.594. The van der Waals surface area contributed by atoms with Gasteiger partial charge >= 0.3 is 8.03 Å². The minimum Gasteiger partial charge on any atom is -0.590 e. The lowest BCUT2D eigenvalue weighted by Gasteiger charge is -2.39. The number of hydrogen-bond donors (Lipinski definition) is 0. The average Bonchev–Trinajstić information content (AvgIpc) is 2.78. The van der Waals surface area contributed by atoms with Crippen LogP contribution in [0.5, 0.6) is 0 Å². The molecule has 0 aliphatic heterocycles. The van der Waals surface area contributed by atoms with Gasteiger partial charge in [0.1, 0.15) is 0 Å². The minimum atomic E-state index is -2.43. The first kappa shape index (κ1) is 33.5. The van der Waals surface area contributed by atoms with Crippen LogP contribution in [0.4, 0.5) is 0 Å². The van der Waals surface area contributed by atoms with E-state index in [2.05, 4.69) is 25.7 Å². The standard InChI is InChI=1S/C30H59NO2P/c1-6-8-9-10-11-12-13-14-15-16-17-18-19-20-21-22-23-24-25-26-27-29-30(28-7-2,34(32)33)31(3,4)5/h6,17-18H,1,7-16,19-29H2,2-5H3/q+1. The van der Waals surface area contributed by atoms with Gasteiger partial charge in [0.05, 0.1) is 21.1 Å². The van der Waals surface area contributed by atoms with Gasteiger partial charge in [-0.2, -0.15) is 0 Å². The van der Waals surface area contributed by atoms with E-state index in [4.69, 9.17) is 0 Å². The molecule has 0 bridgehead atoms. The van der Waals surface area contributed by atoms with Gasteiger partial charge in [-0.25, -0.2) is 0 Å². The van der Waals surface area contributed by atoms with Gasteiger partial charge in [0.2, 0.25) is 0 Å². The Hall–Kier alpha value is -0.500. The first-order valence-corrected chi connectivity index (χ1v) is 15.7. The highest BCUT2D eigenvalue weighted by atomic mass is 31.1. The molecule has 2 unspecified atom stereocenters. The van der Waals surface area contributed by atoms with Crippen molar-refractivity contribution in [3.05, 3.63) is 24.8 Å². The normalized spacial score (nSPS) is 14.4. The highest BCUT2D eigenvalue weighted by Gasteiger charge is 2.53. The fourth-order valence-electron chi connectivity index (χ4n) is 5.03. The van der Waals surface area contributed by atoms with Gasteiger partial charge < -0.3 is 4.89 Å². The Labute approximate surface area is 214 Å². The lowest BCUT2D eigenvalue weighted by molar-refractivity contribution is -0.910. The summed E-state index contributed by atoms with van der Waals surface area (Å²) in [5.41, 5.74) is 0. The van der Waals surface area contributed by atoms with Crippen LogP contribution >= 0.6 is 8.03 Å². The van der Waals surface area contributed by atoms with Gasteiger partial charge in [-0.1, -0.05) is 100 Å². The zero-order valence-electron chi connectivity index (χ0n) is 23.5. The van der Waals surface area contributed by atoms with E-state index in [1.807, 2.05) is 27.2 Å². The maximum absolute atomic E-state index is 12.1. The van der Waals surface area contributed by atoms with Gasteiger partial charge in [-0.05, 0) is 51.4 Å². The van der Waals surface area contributed by atoms with Gasteiger partial charge in [-0.3, -0.25) is 4.48 Å². The maximum Gasteiger partial charge on any atom is 0.376 e. The Kier molecular flexibility index (Phi) is 21.4. The van der Waals surface area contributed by atoms with E-state index in [1.54, 1.807) is 0 Å². The largest absolute Gasteiger partial charge is 0.590 e. The molecule has 0 radical (unpaired) electrons. The third-order valence-corrected chi connectivity index (χ3v) is 9.11. The van der Waals surface area contributed by atoms with Crippen molar-refractivity contribution in [2.24, 2.45) is 0 Å². The van der Waals surface area contributed by atoms with Crippen LogP contribution in [0.1, 0.15) is 142 Å². The lowest BCUT2D eigenvalue weighted by Crippen LogP contribution is -2.55. The Morgan fingerprint density at radius 1 is 0.676 bits per heavy atom. The van der Waals surface area contributed by atoms with Gasteiger partial charge in [0, 0.05) is 12.8 Å². The molecule has 0 rings (SSSR count). The van der Waals surface area contributed by atoms with E-state index in [-0.39, 0.29) is 0 Å². The van der Waals surface area contributed by atoms with Crippen LogP contribution in [-0.2, 0) is 4.57 Å². The van der Waals surface area contributed by atoms with Crippen molar-refractivity contribution in [2.45, 2.75) is 147 Å². The molecular formula is C30H59NO2P+. The Morgan fingerprint density at radius 3 is 1.41 bits per heavy atom. The maximum atomic E-state index is 12.1. The summed E-state index contributed by atoms with van der Waals surface area (Å²) in [6.07, 6.45) is 32.6. The molecule has 0 aliphatic rings. The molecule has 0 amide bonds. The smallest absolute Gasteiger partial charge is 0.376 e. The molecule has 0 aromatic rings. The van der Waals surface area contributed by atoms with E-state index in [0.717, 1.165) is 32.1 Å². The zero-order chi connectivity index (χ0) is 25.5. The number of hydrogen-bond acceptors (Lipinski definition) is 2. The summed E-state index contributed by atoms with van der Waals surface area (Å²) in [7, 11) is 3.67. The van der Waals surface area contributed by atoms with Crippen LogP contribution in [0, 0.1) is 0 Å². The van der Waals surface area contributed by atoms with Gasteiger partial charge in [0.25, 0.3) is 5.28 Å². The van der Waals surface area contributed by atoms with Crippen molar-refractivity contribution in [3.63, 3.8) is 0 Å². The molecule has 4 heteroatoms.